The molecule has 0 radical (unpaired) electrons. The van der Waals surface area contributed by atoms with Crippen LogP contribution in [-0.4, -0.2) is 20.4 Å². The molecule has 7 heteroatoms. The Hall–Kier alpha value is -2.60. The number of aryl methyl sites for hydroxylation is 1. The van der Waals surface area contributed by atoms with Gasteiger partial charge in [-0.3, -0.25) is 9.36 Å². The van der Waals surface area contributed by atoms with Gasteiger partial charge in [-0.15, -0.1) is 0 Å². The Balaban J connectivity index is 1.76. The highest BCUT2D eigenvalue weighted by molar-refractivity contribution is 6.29. The molecule has 0 atom stereocenters. The average molecular weight is 303 g/mol. The highest BCUT2D eigenvalue weighted by atomic mass is 35.5. The van der Waals surface area contributed by atoms with E-state index in [2.05, 4.69) is 15.3 Å². The molecular formula is C14H11ClN4O2. The molecule has 0 aromatic carbocycles. The summed E-state index contributed by atoms with van der Waals surface area (Å²) in [5.74, 6) is 1.33. The van der Waals surface area contributed by atoms with Gasteiger partial charge in [0.15, 0.2) is 11.0 Å². The molecule has 21 heavy (non-hydrogen) atoms. The standard InChI is InChI=1S/C14H11ClN4O2/c1-9-16-6-7-19(9)13-5-2-10(8-17-13)18-14(20)11-3-4-12(15)21-11/h2-8H,1H3,(H,18,20). The van der Waals surface area contributed by atoms with Crippen LogP contribution in [0.4, 0.5) is 5.69 Å². The third-order valence-corrected chi connectivity index (χ3v) is 3.08. The molecule has 6 nitrogen and oxygen atoms in total. The first-order valence-corrected chi connectivity index (χ1v) is 6.54. The highest BCUT2D eigenvalue weighted by Crippen LogP contribution is 2.16. The number of carbonyl (C=O) groups is 1. The minimum absolute atomic E-state index is 0.148. The maximum atomic E-state index is 11.9. The van der Waals surface area contributed by atoms with Crippen molar-refractivity contribution in [2.45, 2.75) is 6.92 Å². The molecule has 0 spiro atoms. The molecule has 3 rings (SSSR count). The first-order chi connectivity index (χ1) is 10.1. The predicted octanol–water partition coefficient (Wildman–Crippen LogP) is 3.07. The Labute approximate surface area is 125 Å². The number of amides is 1. The summed E-state index contributed by atoms with van der Waals surface area (Å²) in [6, 6.07) is 6.57. The zero-order valence-electron chi connectivity index (χ0n) is 11.1. The second kappa shape index (κ2) is 5.41. The molecule has 3 aromatic rings. The van der Waals surface area contributed by atoms with E-state index in [-0.39, 0.29) is 16.9 Å². The minimum atomic E-state index is -0.379. The van der Waals surface area contributed by atoms with Gasteiger partial charge in [0.25, 0.3) is 5.91 Å². The molecule has 0 unspecified atom stereocenters. The Morgan fingerprint density at radius 3 is 2.71 bits per heavy atom. The highest BCUT2D eigenvalue weighted by Gasteiger charge is 2.11. The number of nitrogens with zero attached hydrogens (tertiary/aromatic N) is 3. The smallest absolute Gasteiger partial charge is 0.291 e. The minimum Gasteiger partial charge on any atom is -0.440 e. The number of rotatable bonds is 3. The zero-order chi connectivity index (χ0) is 14.8. The summed E-state index contributed by atoms with van der Waals surface area (Å²) < 4.78 is 6.88. The Kier molecular flexibility index (Phi) is 3.45. The van der Waals surface area contributed by atoms with Crippen molar-refractivity contribution in [2.75, 3.05) is 5.32 Å². The van der Waals surface area contributed by atoms with E-state index in [4.69, 9.17) is 16.0 Å². The van der Waals surface area contributed by atoms with Gasteiger partial charge in [-0.2, -0.15) is 0 Å². The summed E-state index contributed by atoms with van der Waals surface area (Å²) in [7, 11) is 0. The van der Waals surface area contributed by atoms with Gasteiger partial charge < -0.3 is 9.73 Å². The van der Waals surface area contributed by atoms with Gasteiger partial charge in [0, 0.05) is 12.4 Å². The molecule has 1 amide bonds. The van der Waals surface area contributed by atoms with Crippen LogP contribution in [0.3, 0.4) is 0 Å². The van der Waals surface area contributed by atoms with Crippen LogP contribution in [0.2, 0.25) is 5.22 Å². The lowest BCUT2D eigenvalue weighted by Gasteiger charge is -2.06. The number of hydrogen-bond donors (Lipinski definition) is 1. The van der Waals surface area contributed by atoms with Crippen LogP contribution < -0.4 is 5.32 Å². The number of pyridine rings is 1. The summed E-state index contributed by atoms with van der Waals surface area (Å²) in [4.78, 5) is 20.3. The van der Waals surface area contributed by atoms with Crippen LogP contribution in [0.1, 0.15) is 16.4 Å². The molecule has 0 aliphatic rings. The van der Waals surface area contributed by atoms with E-state index >= 15 is 0 Å². The van der Waals surface area contributed by atoms with E-state index in [1.54, 1.807) is 24.5 Å². The maximum absolute atomic E-state index is 11.9. The van der Waals surface area contributed by atoms with Crippen molar-refractivity contribution in [3.63, 3.8) is 0 Å². The predicted molar refractivity (Wildman–Crippen MR) is 77.8 cm³/mol. The molecule has 3 aromatic heterocycles. The zero-order valence-corrected chi connectivity index (χ0v) is 11.8. The fourth-order valence-electron chi connectivity index (χ4n) is 1.85. The van der Waals surface area contributed by atoms with E-state index in [1.165, 1.54) is 12.1 Å². The van der Waals surface area contributed by atoms with Crippen molar-refractivity contribution in [2.24, 2.45) is 0 Å². The van der Waals surface area contributed by atoms with Gasteiger partial charge in [0.2, 0.25) is 0 Å². The number of aromatic nitrogens is 3. The molecule has 0 aliphatic carbocycles. The fraction of sp³-hybridized carbons (Fsp3) is 0.0714. The van der Waals surface area contributed by atoms with Crippen LogP contribution in [0.5, 0.6) is 0 Å². The lowest BCUT2D eigenvalue weighted by Crippen LogP contribution is -2.11. The van der Waals surface area contributed by atoms with Crippen molar-refractivity contribution in [1.82, 2.24) is 14.5 Å². The maximum Gasteiger partial charge on any atom is 0.291 e. The van der Waals surface area contributed by atoms with Crippen molar-refractivity contribution in [3.05, 3.63) is 59.7 Å². The van der Waals surface area contributed by atoms with E-state index in [0.29, 0.717) is 5.69 Å². The summed E-state index contributed by atoms with van der Waals surface area (Å²) in [6.45, 7) is 1.89. The average Bonchev–Trinajstić information content (AvgIpc) is 3.08. The second-order valence-electron chi connectivity index (χ2n) is 4.31. The molecule has 0 aliphatic heterocycles. The second-order valence-corrected chi connectivity index (χ2v) is 4.68. The van der Waals surface area contributed by atoms with Crippen LogP contribution in [-0.2, 0) is 0 Å². The normalized spacial score (nSPS) is 10.6. The SMILES string of the molecule is Cc1nccn1-c1ccc(NC(=O)c2ccc(Cl)o2)cn1. The first kappa shape index (κ1) is 13.4. The quantitative estimate of drug-likeness (QED) is 0.807. The van der Waals surface area contributed by atoms with Gasteiger partial charge in [-0.1, -0.05) is 0 Å². The Morgan fingerprint density at radius 1 is 1.29 bits per heavy atom. The molecule has 0 fully saturated rings. The number of furan rings is 1. The van der Waals surface area contributed by atoms with Crippen molar-refractivity contribution >= 4 is 23.2 Å². The van der Waals surface area contributed by atoms with Crippen molar-refractivity contribution in [3.8, 4) is 5.82 Å². The van der Waals surface area contributed by atoms with Gasteiger partial charge >= 0.3 is 0 Å². The molecule has 0 saturated heterocycles. The number of carbonyl (C=O) groups excluding carboxylic acids is 1. The fourth-order valence-corrected chi connectivity index (χ4v) is 2.00. The lowest BCUT2D eigenvalue weighted by atomic mass is 10.3. The lowest BCUT2D eigenvalue weighted by molar-refractivity contribution is 0.0996. The number of hydrogen-bond acceptors (Lipinski definition) is 4. The van der Waals surface area contributed by atoms with Gasteiger partial charge in [-0.05, 0) is 42.8 Å². The van der Waals surface area contributed by atoms with Crippen LogP contribution in [0, 0.1) is 6.92 Å². The summed E-state index contributed by atoms with van der Waals surface area (Å²) >= 11 is 5.63. The van der Waals surface area contributed by atoms with Crippen LogP contribution in [0.15, 0.2) is 47.3 Å². The van der Waals surface area contributed by atoms with E-state index in [9.17, 15) is 4.79 Å². The third kappa shape index (κ3) is 2.80. The summed E-state index contributed by atoms with van der Waals surface area (Å²) in [5, 5.41) is 2.85. The van der Waals surface area contributed by atoms with Gasteiger partial charge in [0.1, 0.15) is 11.6 Å². The van der Waals surface area contributed by atoms with E-state index < -0.39 is 0 Å². The first-order valence-electron chi connectivity index (χ1n) is 6.16. The summed E-state index contributed by atoms with van der Waals surface area (Å²) in [6.07, 6.45) is 5.09. The molecular weight excluding hydrogens is 292 g/mol. The molecule has 1 N–H and O–H groups in total. The Morgan fingerprint density at radius 2 is 2.14 bits per heavy atom. The number of nitrogens with one attached hydrogen (secondary N) is 1. The molecule has 3 heterocycles. The number of anilines is 1. The monoisotopic (exact) mass is 302 g/mol. The Bertz CT molecular complexity index is 776. The largest absolute Gasteiger partial charge is 0.440 e. The van der Waals surface area contributed by atoms with E-state index in [1.807, 2.05) is 17.7 Å². The van der Waals surface area contributed by atoms with Crippen molar-refractivity contribution < 1.29 is 9.21 Å². The van der Waals surface area contributed by atoms with Gasteiger partial charge in [0.05, 0.1) is 11.9 Å². The topological polar surface area (TPSA) is 73.0 Å². The summed E-state index contributed by atoms with van der Waals surface area (Å²) in [5.41, 5.74) is 0.564. The number of imidazole rings is 1. The third-order valence-electron chi connectivity index (χ3n) is 2.88. The molecule has 106 valence electrons. The molecule has 0 saturated carbocycles. The van der Waals surface area contributed by atoms with Crippen LogP contribution >= 0.6 is 11.6 Å². The van der Waals surface area contributed by atoms with Crippen LogP contribution in [0.25, 0.3) is 5.82 Å². The van der Waals surface area contributed by atoms with Gasteiger partial charge in [-0.25, -0.2) is 9.97 Å². The van der Waals surface area contributed by atoms with Crippen molar-refractivity contribution in [1.29, 1.82) is 0 Å². The van der Waals surface area contributed by atoms with E-state index in [0.717, 1.165) is 11.6 Å². The molecule has 0 bridgehead atoms. The number of halogens is 1.